The topological polar surface area (TPSA) is 67.1 Å². The van der Waals surface area contributed by atoms with Gasteiger partial charge in [0.2, 0.25) is 5.95 Å². The van der Waals surface area contributed by atoms with E-state index in [1.54, 1.807) is 0 Å². The largest absolute Gasteiger partial charge is 0.368 e. The van der Waals surface area contributed by atoms with E-state index in [4.69, 9.17) is 10.7 Å². The Balaban J connectivity index is 1.60. The lowest BCUT2D eigenvalue weighted by Crippen LogP contribution is -2.59. The van der Waals surface area contributed by atoms with Gasteiger partial charge in [-0.1, -0.05) is 30.3 Å². The van der Waals surface area contributed by atoms with Gasteiger partial charge in [0.05, 0.1) is 11.7 Å². The van der Waals surface area contributed by atoms with Gasteiger partial charge in [-0.25, -0.2) is 4.98 Å². The highest BCUT2D eigenvalue weighted by molar-refractivity contribution is 5.57. The van der Waals surface area contributed by atoms with E-state index in [1.807, 2.05) is 0 Å². The molecule has 1 aromatic heterocycles. The van der Waals surface area contributed by atoms with Crippen molar-refractivity contribution in [3.05, 3.63) is 47.2 Å². The summed E-state index contributed by atoms with van der Waals surface area (Å²) in [4.78, 5) is 11.8. The number of hydrogen-bond donors (Lipinski definition) is 2. The Bertz CT molecular complexity index is 760. The number of hydrogen-bond acceptors (Lipinski definition) is 5. The molecule has 0 amide bonds. The van der Waals surface area contributed by atoms with Gasteiger partial charge in [0, 0.05) is 30.6 Å². The molecule has 1 aliphatic carbocycles. The van der Waals surface area contributed by atoms with E-state index in [0.29, 0.717) is 23.9 Å². The zero-order chi connectivity index (χ0) is 16.1. The van der Waals surface area contributed by atoms with Crippen molar-refractivity contribution in [3.8, 4) is 0 Å². The fourth-order valence-corrected chi connectivity index (χ4v) is 4.62. The Morgan fingerprint density at radius 2 is 2.00 bits per heavy atom. The van der Waals surface area contributed by atoms with Crippen LogP contribution in [0.25, 0.3) is 0 Å². The number of nitrogens with one attached hydrogen (secondary N) is 1. The van der Waals surface area contributed by atoms with Crippen LogP contribution < -0.4 is 16.0 Å². The first-order valence-corrected chi connectivity index (χ1v) is 9.02. The summed E-state index contributed by atoms with van der Waals surface area (Å²) in [5.41, 5.74) is 9.95. The molecule has 3 N–H and O–H groups in total. The quantitative estimate of drug-likeness (QED) is 0.886. The van der Waals surface area contributed by atoms with E-state index in [2.05, 4.69) is 45.5 Å². The van der Waals surface area contributed by atoms with Crippen LogP contribution in [-0.4, -0.2) is 35.1 Å². The van der Waals surface area contributed by atoms with Gasteiger partial charge in [0.15, 0.2) is 0 Å². The third kappa shape index (κ3) is 2.11. The zero-order valence-corrected chi connectivity index (χ0v) is 13.8. The van der Waals surface area contributed by atoms with Crippen LogP contribution in [0.5, 0.6) is 0 Å². The lowest BCUT2D eigenvalue weighted by molar-refractivity contribution is 0.347. The molecular formula is C19H23N5. The number of rotatable bonds is 2. The zero-order valence-electron chi connectivity index (χ0n) is 13.8. The van der Waals surface area contributed by atoms with Crippen molar-refractivity contribution < 1.29 is 0 Å². The Kier molecular flexibility index (Phi) is 3.23. The summed E-state index contributed by atoms with van der Waals surface area (Å²) in [6.45, 7) is 2.13. The first-order valence-electron chi connectivity index (χ1n) is 9.02. The van der Waals surface area contributed by atoms with Crippen LogP contribution >= 0.6 is 0 Å². The molecule has 3 unspecified atom stereocenters. The smallest absolute Gasteiger partial charge is 0.222 e. The first kappa shape index (κ1) is 14.2. The van der Waals surface area contributed by atoms with Crippen LogP contribution in [-0.2, 0) is 6.42 Å². The second-order valence-corrected chi connectivity index (χ2v) is 7.19. The van der Waals surface area contributed by atoms with Gasteiger partial charge in [-0.3, -0.25) is 0 Å². The van der Waals surface area contributed by atoms with E-state index in [9.17, 15) is 0 Å². The monoisotopic (exact) mass is 321 g/mol. The molecule has 2 saturated heterocycles. The fourth-order valence-electron chi connectivity index (χ4n) is 4.62. The van der Waals surface area contributed by atoms with E-state index >= 15 is 0 Å². The predicted octanol–water partition coefficient (Wildman–Crippen LogP) is 2.08. The van der Waals surface area contributed by atoms with Crippen LogP contribution in [0.3, 0.4) is 0 Å². The van der Waals surface area contributed by atoms with Crippen molar-refractivity contribution in [1.82, 2.24) is 15.3 Å². The minimum Gasteiger partial charge on any atom is -0.368 e. The molecule has 2 aromatic rings. The van der Waals surface area contributed by atoms with Crippen molar-refractivity contribution >= 4 is 11.8 Å². The summed E-state index contributed by atoms with van der Waals surface area (Å²) in [6, 6.07) is 11.9. The molecule has 0 saturated carbocycles. The SMILES string of the molecule is Nc1nc2c(c(N3CCC4NCC43)n1)CCCC2c1ccccc1. The standard InChI is InChI=1S/C19H23N5/c20-19-22-17-13(12-5-2-1-3-6-12)7-4-8-14(17)18(23-19)24-10-9-15-16(24)11-21-15/h1-3,5-6,13,15-16,21H,4,7-11H2,(H2,20,22,23). The summed E-state index contributed by atoms with van der Waals surface area (Å²) < 4.78 is 0. The minimum absolute atomic E-state index is 0.344. The molecule has 3 atom stereocenters. The Morgan fingerprint density at radius 3 is 2.75 bits per heavy atom. The number of anilines is 2. The second-order valence-electron chi connectivity index (χ2n) is 7.19. The third-order valence-electron chi connectivity index (χ3n) is 5.89. The molecule has 3 aliphatic rings. The van der Waals surface area contributed by atoms with Crippen molar-refractivity contribution in [3.63, 3.8) is 0 Å². The maximum Gasteiger partial charge on any atom is 0.222 e. The van der Waals surface area contributed by atoms with Gasteiger partial charge >= 0.3 is 0 Å². The van der Waals surface area contributed by atoms with Gasteiger partial charge in [-0.2, -0.15) is 4.98 Å². The number of nitrogens with zero attached hydrogens (tertiary/aromatic N) is 3. The van der Waals surface area contributed by atoms with Crippen LogP contribution in [0.4, 0.5) is 11.8 Å². The van der Waals surface area contributed by atoms with Gasteiger partial charge in [-0.15, -0.1) is 0 Å². The minimum atomic E-state index is 0.344. The Labute approximate surface area is 142 Å². The van der Waals surface area contributed by atoms with Crippen molar-refractivity contribution in [2.75, 3.05) is 23.7 Å². The Hall–Kier alpha value is -2.14. The fraction of sp³-hybridized carbons (Fsp3) is 0.474. The summed E-state index contributed by atoms with van der Waals surface area (Å²) >= 11 is 0. The van der Waals surface area contributed by atoms with Gasteiger partial charge in [0.1, 0.15) is 5.82 Å². The molecule has 24 heavy (non-hydrogen) atoms. The second kappa shape index (κ2) is 5.45. The number of benzene rings is 1. The van der Waals surface area contributed by atoms with E-state index < -0.39 is 0 Å². The number of aromatic nitrogens is 2. The molecule has 3 heterocycles. The molecule has 0 spiro atoms. The van der Waals surface area contributed by atoms with E-state index in [1.165, 1.54) is 24.0 Å². The lowest BCUT2D eigenvalue weighted by atomic mass is 9.82. The molecule has 5 heteroatoms. The maximum absolute atomic E-state index is 6.12. The number of nitrogens with two attached hydrogens (primary N) is 1. The molecule has 2 aliphatic heterocycles. The van der Waals surface area contributed by atoms with Crippen molar-refractivity contribution in [2.24, 2.45) is 0 Å². The van der Waals surface area contributed by atoms with Crippen LogP contribution in [0.15, 0.2) is 30.3 Å². The maximum atomic E-state index is 6.12. The molecule has 5 rings (SSSR count). The lowest BCUT2D eigenvalue weighted by Gasteiger charge is -2.39. The van der Waals surface area contributed by atoms with Crippen LogP contribution in [0, 0.1) is 0 Å². The normalized spacial score (nSPS) is 28.2. The molecule has 0 radical (unpaired) electrons. The molecule has 0 bridgehead atoms. The van der Waals surface area contributed by atoms with Crippen LogP contribution in [0.1, 0.15) is 42.0 Å². The average Bonchev–Trinajstić information content (AvgIpc) is 2.88. The summed E-state index contributed by atoms with van der Waals surface area (Å²) in [5.74, 6) is 1.87. The predicted molar refractivity (Wildman–Crippen MR) is 95.2 cm³/mol. The Morgan fingerprint density at radius 1 is 1.12 bits per heavy atom. The van der Waals surface area contributed by atoms with Gasteiger partial charge in [0.25, 0.3) is 0 Å². The van der Waals surface area contributed by atoms with E-state index in [-0.39, 0.29) is 0 Å². The van der Waals surface area contributed by atoms with Crippen molar-refractivity contribution in [2.45, 2.75) is 43.7 Å². The third-order valence-corrected chi connectivity index (χ3v) is 5.89. The number of nitrogen functional groups attached to an aromatic ring is 1. The summed E-state index contributed by atoms with van der Waals surface area (Å²) in [7, 11) is 0. The molecule has 1 aromatic carbocycles. The number of fused-ring (bicyclic) bond motifs is 2. The highest BCUT2D eigenvalue weighted by Crippen LogP contribution is 2.41. The molecular weight excluding hydrogens is 298 g/mol. The van der Waals surface area contributed by atoms with Gasteiger partial charge < -0.3 is 16.0 Å². The highest BCUT2D eigenvalue weighted by atomic mass is 15.3. The van der Waals surface area contributed by atoms with Crippen LogP contribution in [0.2, 0.25) is 0 Å². The summed E-state index contributed by atoms with van der Waals surface area (Å²) in [6.07, 6.45) is 4.59. The van der Waals surface area contributed by atoms with E-state index in [0.717, 1.165) is 37.4 Å². The molecule has 2 fully saturated rings. The molecule has 5 nitrogen and oxygen atoms in total. The van der Waals surface area contributed by atoms with Crippen molar-refractivity contribution in [1.29, 1.82) is 0 Å². The molecule has 124 valence electrons. The average molecular weight is 321 g/mol. The van der Waals surface area contributed by atoms with Gasteiger partial charge in [-0.05, 0) is 31.2 Å². The first-order chi connectivity index (χ1) is 11.8. The summed E-state index contributed by atoms with van der Waals surface area (Å²) in [5, 5.41) is 3.52. The highest BCUT2D eigenvalue weighted by Gasteiger charge is 2.42.